The molecule has 0 radical (unpaired) electrons. The molecule has 0 aliphatic carbocycles. The predicted molar refractivity (Wildman–Crippen MR) is 85.0 cm³/mol. The van der Waals surface area contributed by atoms with Gasteiger partial charge in [-0.15, -0.1) is 0 Å². The lowest BCUT2D eigenvalue weighted by Gasteiger charge is -2.34. The van der Waals surface area contributed by atoms with Gasteiger partial charge in [-0.3, -0.25) is 9.78 Å². The number of piperazine rings is 1. The van der Waals surface area contributed by atoms with Crippen LogP contribution >= 0.6 is 15.9 Å². The number of halogens is 1. The van der Waals surface area contributed by atoms with E-state index in [0.29, 0.717) is 12.1 Å². The molecule has 4 nitrogen and oxygen atoms in total. The minimum Gasteiger partial charge on any atom is -0.335 e. The number of nitrogens with one attached hydrogen (secondary N) is 1. The zero-order valence-corrected chi connectivity index (χ0v) is 13.1. The molecule has 1 aromatic carbocycles. The van der Waals surface area contributed by atoms with Crippen molar-refractivity contribution in [3.8, 4) is 0 Å². The van der Waals surface area contributed by atoms with Crippen LogP contribution in [0.25, 0.3) is 0 Å². The molecule has 3 rings (SSSR count). The third-order valence-corrected chi connectivity index (χ3v) is 4.35. The summed E-state index contributed by atoms with van der Waals surface area (Å²) in [6.45, 7) is 2.17. The Bertz CT molecular complexity index is 632. The molecule has 0 saturated carbocycles. The zero-order valence-electron chi connectivity index (χ0n) is 11.5. The van der Waals surface area contributed by atoms with E-state index in [1.165, 1.54) is 0 Å². The number of amides is 1. The van der Waals surface area contributed by atoms with Crippen LogP contribution in [0.4, 0.5) is 0 Å². The monoisotopic (exact) mass is 345 g/mol. The van der Waals surface area contributed by atoms with Crippen LogP contribution in [-0.2, 0) is 0 Å². The molecular weight excluding hydrogens is 330 g/mol. The highest BCUT2D eigenvalue weighted by atomic mass is 79.9. The first kappa shape index (κ1) is 14.2. The summed E-state index contributed by atoms with van der Waals surface area (Å²) in [6.07, 6.45) is 3.61. The first-order chi connectivity index (χ1) is 10.3. The lowest BCUT2D eigenvalue weighted by atomic mass is 10.1. The van der Waals surface area contributed by atoms with Crippen molar-refractivity contribution >= 4 is 21.8 Å². The van der Waals surface area contributed by atoms with Gasteiger partial charge in [-0.05, 0) is 39.7 Å². The Morgan fingerprint density at radius 2 is 2.14 bits per heavy atom. The summed E-state index contributed by atoms with van der Waals surface area (Å²) in [5.41, 5.74) is 1.83. The topological polar surface area (TPSA) is 45.2 Å². The number of nitrogens with zero attached hydrogens (tertiary/aromatic N) is 2. The van der Waals surface area contributed by atoms with Gasteiger partial charge < -0.3 is 10.2 Å². The molecule has 0 bridgehead atoms. The number of pyridine rings is 1. The van der Waals surface area contributed by atoms with Crippen LogP contribution in [0.2, 0.25) is 0 Å². The standard InChI is InChI=1S/C16H16BrN3O/c17-14-6-2-1-5-13(14)16(21)20-9-8-19-15(11-20)12-4-3-7-18-10-12/h1-7,10,15,19H,8-9,11H2/t15-/m0/s1. The van der Waals surface area contributed by atoms with Crippen molar-refractivity contribution in [2.24, 2.45) is 0 Å². The molecular formula is C16H16BrN3O. The summed E-state index contributed by atoms with van der Waals surface area (Å²) < 4.78 is 0.839. The van der Waals surface area contributed by atoms with Gasteiger partial charge in [0.15, 0.2) is 0 Å². The lowest BCUT2D eigenvalue weighted by Crippen LogP contribution is -2.48. The average Bonchev–Trinajstić information content (AvgIpc) is 2.56. The van der Waals surface area contributed by atoms with Gasteiger partial charge in [0.25, 0.3) is 5.91 Å². The van der Waals surface area contributed by atoms with Crippen LogP contribution in [0.15, 0.2) is 53.3 Å². The number of carbonyl (C=O) groups is 1. The number of hydrogen-bond acceptors (Lipinski definition) is 3. The molecule has 2 aromatic rings. The van der Waals surface area contributed by atoms with E-state index in [0.717, 1.165) is 23.1 Å². The summed E-state index contributed by atoms with van der Waals surface area (Å²) in [7, 11) is 0. The Balaban J connectivity index is 1.77. The quantitative estimate of drug-likeness (QED) is 0.909. The van der Waals surface area contributed by atoms with Crippen LogP contribution in [0.5, 0.6) is 0 Å². The van der Waals surface area contributed by atoms with Gasteiger partial charge in [0.05, 0.1) is 11.6 Å². The molecule has 1 amide bonds. The maximum absolute atomic E-state index is 12.6. The number of benzene rings is 1. The molecule has 1 N–H and O–H groups in total. The second-order valence-corrected chi connectivity index (χ2v) is 5.88. The molecule has 1 aromatic heterocycles. The van der Waals surface area contributed by atoms with E-state index in [2.05, 4.69) is 26.2 Å². The molecule has 5 heteroatoms. The first-order valence-electron chi connectivity index (χ1n) is 6.93. The van der Waals surface area contributed by atoms with Gasteiger partial charge in [-0.1, -0.05) is 18.2 Å². The Hall–Kier alpha value is -1.72. The smallest absolute Gasteiger partial charge is 0.255 e. The average molecular weight is 346 g/mol. The zero-order chi connectivity index (χ0) is 14.7. The number of rotatable bonds is 2. The van der Waals surface area contributed by atoms with Crippen molar-refractivity contribution in [3.63, 3.8) is 0 Å². The Morgan fingerprint density at radius 1 is 1.29 bits per heavy atom. The van der Waals surface area contributed by atoms with E-state index in [4.69, 9.17) is 0 Å². The highest BCUT2D eigenvalue weighted by Crippen LogP contribution is 2.21. The van der Waals surface area contributed by atoms with Crippen molar-refractivity contribution in [1.29, 1.82) is 0 Å². The van der Waals surface area contributed by atoms with Crippen LogP contribution < -0.4 is 5.32 Å². The van der Waals surface area contributed by atoms with E-state index >= 15 is 0 Å². The van der Waals surface area contributed by atoms with Gasteiger partial charge >= 0.3 is 0 Å². The first-order valence-corrected chi connectivity index (χ1v) is 7.72. The highest BCUT2D eigenvalue weighted by Gasteiger charge is 2.25. The summed E-state index contributed by atoms with van der Waals surface area (Å²) in [6, 6.07) is 11.7. The fraction of sp³-hybridized carbons (Fsp3) is 0.250. The van der Waals surface area contributed by atoms with Crippen LogP contribution in [0.1, 0.15) is 22.0 Å². The van der Waals surface area contributed by atoms with E-state index in [1.807, 2.05) is 47.5 Å². The van der Waals surface area contributed by atoms with Gasteiger partial charge in [0.1, 0.15) is 0 Å². The largest absolute Gasteiger partial charge is 0.335 e. The summed E-state index contributed by atoms with van der Waals surface area (Å²) >= 11 is 3.45. The van der Waals surface area contributed by atoms with Gasteiger partial charge in [-0.2, -0.15) is 0 Å². The molecule has 1 aliphatic rings. The van der Waals surface area contributed by atoms with Crippen molar-refractivity contribution < 1.29 is 4.79 Å². The molecule has 1 atom stereocenters. The van der Waals surface area contributed by atoms with Crippen LogP contribution in [0, 0.1) is 0 Å². The van der Waals surface area contributed by atoms with Crippen molar-refractivity contribution in [1.82, 2.24) is 15.2 Å². The molecule has 1 fully saturated rings. The second kappa shape index (κ2) is 6.37. The minimum absolute atomic E-state index is 0.0675. The number of carbonyl (C=O) groups excluding carboxylic acids is 1. The van der Waals surface area contributed by atoms with E-state index in [9.17, 15) is 4.79 Å². The Morgan fingerprint density at radius 3 is 2.90 bits per heavy atom. The third-order valence-electron chi connectivity index (χ3n) is 3.65. The molecule has 1 aliphatic heterocycles. The SMILES string of the molecule is O=C(c1ccccc1Br)N1CCN[C@H](c2cccnc2)C1. The van der Waals surface area contributed by atoms with Gasteiger partial charge in [-0.25, -0.2) is 0 Å². The molecule has 0 unspecified atom stereocenters. The molecule has 108 valence electrons. The van der Waals surface area contributed by atoms with E-state index in [1.54, 1.807) is 6.20 Å². The second-order valence-electron chi connectivity index (χ2n) is 5.02. The predicted octanol–water partition coefficient (Wildman–Crippen LogP) is 2.63. The Labute approximate surface area is 132 Å². The van der Waals surface area contributed by atoms with Crippen molar-refractivity contribution in [2.75, 3.05) is 19.6 Å². The maximum atomic E-state index is 12.6. The Kier molecular flexibility index (Phi) is 4.31. The van der Waals surface area contributed by atoms with E-state index < -0.39 is 0 Å². The minimum atomic E-state index is 0.0675. The van der Waals surface area contributed by atoms with Gasteiger partial charge in [0.2, 0.25) is 0 Å². The number of hydrogen-bond donors (Lipinski definition) is 1. The van der Waals surface area contributed by atoms with Crippen LogP contribution in [-0.4, -0.2) is 35.4 Å². The fourth-order valence-corrected chi connectivity index (χ4v) is 3.00. The lowest BCUT2D eigenvalue weighted by molar-refractivity contribution is 0.0702. The number of aromatic nitrogens is 1. The normalized spacial score (nSPS) is 18.5. The summed E-state index contributed by atoms with van der Waals surface area (Å²) in [5.74, 6) is 0.0675. The third kappa shape index (κ3) is 3.14. The highest BCUT2D eigenvalue weighted by molar-refractivity contribution is 9.10. The van der Waals surface area contributed by atoms with Crippen molar-refractivity contribution in [3.05, 3.63) is 64.4 Å². The molecule has 0 spiro atoms. The van der Waals surface area contributed by atoms with Gasteiger partial charge in [0, 0.05) is 36.5 Å². The van der Waals surface area contributed by atoms with E-state index in [-0.39, 0.29) is 11.9 Å². The fourth-order valence-electron chi connectivity index (χ4n) is 2.54. The molecule has 21 heavy (non-hydrogen) atoms. The summed E-state index contributed by atoms with van der Waals surface area (Å²) in [4.78, 5) is 18.7. The molecule has 2 heterocycles. The summed E-state index contributed by atoms with van der Waals surface area (Å²) in [5, 5.41) is 3.44. The molecule has 1 saturated heterocycles. The van der Waals surface area contributed by atoms with Crippen LogP contribution in [0.3, 0.4) is 0 Å². The van der Waals surface area contributed by atoms with Crippen molar-refractivity contribution in [2.45, 2.75) is 6.04 Å². The maximum Gasteiger partial charge on any atom is 0.255 e.